The van der Waals surface area contributed by atoms with E-state index < -0.39 is 0 Å². The Hall–Kier alpha value is -3.20. The number of methoxy groups -OCH3 is 1. The van der Waals surface area contributed by atoms with Gasteiger partial charge in [0.05, 0.1) is 28.7 Å². The highest BCUT2D eigenvalue weighted by Gasteiger charge is 2.12. The van der Waals surface area contributed by atoms with Crippen molar-refractivity contribution in [3.8, 4) is 11.5 Å². The lowest BCUT2D eigenvalue weighted by Crippen LogP contribution is -2.25. The molecule has 32 heavy (non-hydrogen) atoms. The van der Waals surface area contributed by atoms with E-state index in [1.807, 2.05) is 19.9 Å². The summed E-state index contributed by atoms with van der Waals surface area (Å²) >= 11 is 3.45. The van der Waals surface area contributed by atoms with Crippen LogP contribution in [-0.2, 0) is 17.9 Å². The van der Waals surface area contributed by atoms with Crippen molar-refractivity contribution in [1.82, 2.24) is 15.2 Å². The average Bonchev–Trinajstić information content (AvgIpc) is 3.03. The van der Waals surface area contributed by atoms with Crippen LogP contribution in [0.4, 0.5) is 4.39 Å². The van der Waals surface area contributed by atoms with Gasteiger partial charge in [-0.1, -0.05) is 12.1 Å². The number of hydrogen-bond donors (Lipinski definition) is 1. The summed E-state index contributed by atoms with van der Waals surface area (Å²) in [4.78, 5) is 12.3. The largest absolute Gasteiger partial charge is 0.493 e. The van der Waals surface area contributed by atoms with Gasteiger partial charge in [0.25, 0.3) is 5.91 Å². The normalized spacial score (nSPS) is 11.4. The molecule has 0 saturated carbocycles. The first-order valence-corrected chi connectivity index (χ1v) is 10.7. The molecule has 0 bridgehead atoms. The van der Waals surface area contributed by atoms with Crippen LogP contribution in [0.2, 0.25) is 0 Å². The highest BCUT2D eigenvalue weighted by molar-refractivity contribution is 9.10. The van der Waals surface area contributed by atoms with Crippen LogP contribution in [0.15, 0.2) is 52.0 Å². The number of halogens is 2. The van der Waals surface area contributed by atoms with Crippen LogP contribution < -0.4 is 14.9 Å². The van der Waals surface area contributed by atoms with Crippen LogP contribution in [0.25, 0.3) is 0 Å². The van der Waals surface area contributed by atoms with E-state index in [0.29, 0.717) is 17.2 Å². The minimum absolute atomic E-state index is 0.0640. The molecule has 7 nitrogen and oxygen atoms in total. The van der Waals surface area contributed by atoms with E-state index in [1.165, 1.54) is 12.1 Å². The molecule has 0 atom stereocenters. The van der Waals surface area contributed by atoms with Crippen molar-refractivity contribution in [3.63, 3.8) is 0 Å². The monoisotopic (exact) mass is 502 g/mol. The van der Waals surface area contributed by atoms with Gasteiger partial charge in [-0.15, -0.1) is 0 Å². The minimum atomic E-state index is -0.291. The van der Waals surface area contributed by atoms with Crippen molar-refractivity contribution in [3.05, 3.63) is 75.3 Å². The molecule has 0 unspecified atom stereocenters. The first-order chi connectivity index (χ1) is 15.3. The maximum absolute atomic E-state index is 13.0. The maximum atomic E-state index is 13.0. The summed E-state index contributed by atoms with van der Waals surface area (Å²) in [6.07, 6.45) is 0. The molecule has 9 heteroatoms. The molecule has 0 aliphatic carbocycles. The van der Waals surface area contributed by atoms with Gasteiger partial charge in [0.2, 0.25) is 0 Å². The molecule has 0 radical (unpaired) electrons. The zero-order valence-corrected chi connectivity index (χ0v) is 19.9. The number of carbonyl (C=O) groups excluding carboxylic acids is 1. The Morgan fingerprint density at radius 3 is 2.53 bits per heavy atom. The highest BCUT2D eigenvalue weighted by Crippen LogP contribution is 2.29. The zero-order chi connectivity index (χ0) is 23.3. The molecule has 1 amide bonds. The number of amides is 1. The minimum Gasteiger partial charge on any atom is -0.493 e. The highest BCUT2D eigenvalue weighted by atomic mass is 79.9. The number of aryl methyl sites for hydroxylation is 1. The first kappa shape index (κ1) is 23.5. The fraction of sp³-hybridized carbons (Fsp3) is 0.261. The molecule has 0 fully saturated rings. The third-order valence-electron chi connectivity index (χ3n) is 4.82. The van der Waals surface area contributed by atoms with Crippen molar-refractivity contribution < 1.29 is 18.7 Å². The molecule has 1 N–H and O–H groups in total. The van der Waals surface area contributed by atoms with Crippen molar-refractivity contribution in [2.75, 3.05) is 7.11 Å². The lowest BCUT2D eigenvalue weighted by molar-refractivity contribution is -0.121. The van der Waals surface area contributed by atoms with Gasteiger partial charge >= 0.3 is 0 Å². The lowest BCUT2D eigenvalue weighted by atomic mass is 10.1. The Kier molecular flexibility index (Phi) is 7.63. The first-order valence-electron chi connectivity index (χ1n) is 9.86. The predicted octanol–water partition coefficient (Wildman–Crippen LogP) is 4.53. The Labute approximate surface area is 194 Å². The van der Waals surface area contributed by atoms with Crippen LogP contribution in [0.3, 0.4) is 0 Å². The summed E-state index contributed by atoms with van der Waals surface area (Å²) in [7, 11) is 1.55. The SMILES string of the molecule is COc1cc(/C(C)=N/NC(=O)Cn2nc(C)c(Br)c2C)ccc1OCc1ccc(F)cc1. The number of nitrogens with one attached hydrogen (secondary N) is 1. The molecule has 1 aromatic heterocycles. The second-order valence-electron chi connectivity index (χ2n) is 7.16. The van der Waals surface area contributed by atoms with Gasteiger partial charge in [0, 0.05) is 5.56 Å². The topological polar surface area (TPSA) is 77.7 Å². The van der Waals surface area contributed by atoms with E-state index in [4.69, 9.17) is 9.47 Å². The third-order valence-corrected chi connectivity index (χ3v) is 5.97. The van der Waals surface area contributed by atoms with Crippen LogP contribution in [0.5, 0.6) is 11.5 Å². The smallest absolute Gasteiger partial charge is 0.261 e. The van der Waals surface area contributed by atoms with E-state index >= 15 is 0 Å². The fourth-order valence-electron chi connectivity index (χ4n) is 2.96. The Morgan fingerprint density at radius 2 is 1.91 bits per heavy atom. The van der Waals surface area contributed by atoms with Gasteiger partial charge < -0.3 is 9.47 Å². The molecule has 0 aliphatic heterocycles. The van der Waals surface area contributed by atoms with E-state index in [2.05, 4.69) is 31.6 Å². The third kappa shape index (κ3) is 5.73. The van der Waals surface area contributed by atoms with Crippen LogP contribution in [0, 0.1) is 19.7 Å². The summed E-state index contributed by atoms with van der Waals surface area (Å²) in [5.41, 5.74) is 6.47. The zero-order valence-electron chi connectivity index (χ0n) is 18.3. The van der Waals surface area contributed by atoms with E-state index in [0.717, 1.165) is 27.0 Å². The Morgan fingerprint density at radius 1 is 1.19 bits per heavy atom. The number of nitrogens with zero attached hydrogens (tertiary/aromatic N) is 3. The van der Waals surface area contributed by atoms with E-state index in [9.17, 15) is 9.18 Å². The summed E-state index contributed by atoms with van der Waals surface area (Å²) in [6.45, 7) is 5.89. The second kappa shape index (κ2) is 10.4. The molecule has 3 aromatic rings. The molecule has 2 aromatic carbocycles. The van der Waals surface area contributed by atoms with Gasteiger partial charge in [-0.25, -0.2) is 9.82 Å². The number of carbonyl (C=O) groups is 1. The fourth-order valence-corrected chi connectivity index (χ4v) is 3.25. The van der Waals surface area contributed by atoms with Crippen molar-refractivity contribution in [2.45, 2.75) is 33.9 Å². The summed E-state index contributed by atoms with van der Waals surface area (Å²) in [5.74, 6) is 0.499. The number of hydrazone groups is 1. The molecule has 3 rings (SSSR count). The van der Waals surface area contributed by atoms with Crippen molar-refractivity contribution >= 4 is 27.5 Å². The lowest BCUT2D eigenvalue weighted by Gasteiger charge is -2.12. The quantitative estimate of drug-likeness (QED) is 0.362. The summed E-state index contributed by atoms with van der Waals surface area (Å²) in [6, 6.07) is 11.5. The van der Waals surface area contributed by atoms with E-state index in [1.54, 1.807) is 43.0 Å². The molecule has 0 spiro atoms. The van der Waals surface area contributed by atoms with E-state index in [-0.39, 0.29) is 24.9 Å². The van der Waals surface area contributed by atoms with Gasteiger partial charge in [-0.3, -0.25) is 9.48 Å². The Balaban J connectivity index is 1.64. The number of benzene rings is 2. The molecule has 168 valence electrons. The molecular formula is C23H24BrFN4O3. The van der Waals surface area contributed by atoms with Crippen molar-refractivity contribution in [2.24, 2.45) is 5.10 Å². The number of ether oxygens (including phenoxy) is 2. The van der Waals surface area contributed by atoms with Crippen LogP contribution in [-0.4, -0.2) is 28.5 Å². The molecule has 0 aliphatic rings. The van der Waals surface area contributed by atoms with Gasteiger partial charge in [0.15, 0.2) is 11.5 Å². The van der Waals surface area contributed by atoms with Crippen LogP contribution >= 0.6 is 15.9 Å². The van der Waals surface area contributed by atoms with Crippen molar-refractivity contribution in [1.29, 1.82) is 0 Å². The van der Waals surface area contributed by atoms with Gasteiger partial charge in [-0.2, -0.15) is 10.2 Å². The number of aromatic nitrogens is 2. The molecule has 0 saturated heterocycles. The number of rotatable bonds is 8. The Bertz CT molecular complexity index is 1140. The van der Waals surface area contributed by atoms with Gasteiger partial charge in [0.1, 0.15) is 19.0 Å². The maximum Gasteiger partial charge on any atom is 0.261 e. The van der Waals surface area contributed by atoms with Gasteiger partial charge in [-0.05, 0) is 72.6 Å². The summed E-state index contributed by atoms with van der Waals surface area (Å²) in [5, 5.41) is 8.51. The second-order valence-corrected chi connectivity index (χ2v) is 7.95. The summed E-state index contributed by atoms with van der Waals surface area (Å²) < 4.78 is 26.8. The van der Waals surface area contributed by atoms with Crippen LogP contribution in [0.1, 0.15) is 29.4 Å². The molecular weight excluding hydrogens is 479 g/mol. The average molecular weight is 503 g/mol. The molecule has 1 heterocycles. The number of hydrogen-bond acceptors (Lipinski definition) is 5. The standard InChI is InChI=1S/C23H24BrFN4O3/c1-14(26-27-22(30)12-29-16(3)23(24)15(2)28-29)18-7-10-20(21(11-18)31-4)32-13-17-5-8-19(25)9-6-17/h5-11H,12-13H2,1-4H3,(H,27,30)/b26-14+. The predicted molar refractivity (Wildman–Crippen MR) is 123 cm³/mol.